The third kappa shape index (κ3) is 6.09. The zero-order valence-corrected chi connectivity index (χ0v) is 15.7. The van der Waals surface area contributed by atoms with Gasteiger partial charge in [0.25, 0.3) is 0 Å². The molecule has 1 heterocycles. The second-order valence-corrected chi connectivity index (χ2v) is 6.16. The van der Waals surface area contributed by atoms with Gasteiger partial charge in [0, 0.05) is 26.3 Å². The quantitative estimate of drug-likeness (QED) is 0.487. The summed E-state index contributed by atoms with van der Waals surface area (Å²) in [6, 6.07) is 20.0. The zero-order chi connectivity index (χ0) is 19.6. The topological polar surface area (TPSA) is 58.5 Å². The van der Waals surface area contributed by atoms with Gasteiger partial charge in [-0.2, -0.15) is 0 Å². The number of hydrogen-bond acceptors (Lipinski definition) is 3. The van der Waals surface area contributed by atoms with Crippen molar-refractivity contribution in [3.8, 4) is 5.75 Å². The van der Waals surface area contributed by atoms with Crippen LogP contribution in [0.3, 0.4) is 0 Å². The maximum absolute atomic E-state index is 13.0. The predicted molar refractivity (Wildman–Crippen MR) is 108 cm³/mol. The second kappa shape index (κ2) is 10.1. The first-order chi connectivity index (χ1) is 13.7. The van der Waals surface area contributed by atoms with E-state index in [-0.39, 0.29) is 5.82 Å². The Bertz CT molecular complexity index is 881. The number of rotatable bonds is 7. The van der Waals surface area contributed by atoms with Crippen molar-refractivity contribution >= 4 is 5.96 Å². The number of aliphatic imine (C=N–C) groups is 1. The fourth-order valence-electron chi connectivity index (χ4n) is 2.54. The molecule has 3 rings (SSSR count). The van der Waals surface area contributed by atoms with Crippen molar-refractivity contribution in [2.45, 2.75) is 19.7 Å². The first kappa shape index (κ1) is 19.4. The monoisotopic (exact) mass is 378 g/mol. The molecule has 0 aliphatic heterocycles. The summed E-state index contributed by atoms with van der Waals surface area (Å²) in [5, 5.41) is 6.47. The van der Waals surface area contributed by atoms with Gasteiger partial charge in [-0.05, 0) is 47.5 Å². The number of ether oxygens (including phenoxy) is 1. The van der Waals surface area contributed by atoms with Crippen molar-refractivity contribution < 1.29 is 9.13 Å². The van der Waals surface area contributed by atoms with Gasteiger partial charge in [0.15, 0.2) is 5.96 Å². The smallest absolute Gasteiger partial charge is 0.191 e. The van der Waals surface area contributed by atoms with Crippen LogP contribution in [0, 0.1) is 5.82 Å². The number of guanidine groups is 1. The molecule has 2 N–H and O–H groups in total. The molecular weight excluding hydrogens is 355 g/mol. The minimum absolute atomic E-state index is 0.237. The Labute approximate surface area is 164 Å². The molecule has 5 nitrogen and oxygen atoms in total. The Morgan fingerprint density at radius 3 is 2.14 bits per heavy atom. The molecule has 6 heteroatoms. The van der Waals surface area contributed by atoms with E-state index in [9.17, 15) is 4.39 Å². The lowest BCUT2D eigenvalue weighted by molar-refractivity contribution is 0.301. The lowest BCUT2D eigenvalue weighted by atomic mass is 10.2. The highest BCUT2D eigenvalue weighted by molar-refractivity contribution is 5.79. The van der Waals surface area contributed by atoms with Crippen LogP contribution >= 0.6 is 0 Å². The normalized spacial score (nSPS) is 11.1. The largest absolute Gasteiger partial charge is 0.487 e. The van der Waals surface area contributed by atoms with Crippen LogP contribution in [-0.4, -0.2) is 18.0 Å². The minimum Gasteiger partial charge on any atom is -0.487 e. The van der Waals surface area contributed by atoms with Crippen LogP contribution in [0.25, 0.3) is 0 Å². The molecule has 28 heavy (non-hydrogen) atoms. The van der Waals surface area contributed by atoms with E-state index >= 15 is 0 Å². The Hall–Kier alpha value is -3.41. The van der Waals surface area contributed by atoms with Crippen molar-refractivity contribution in [3.63, 3.8) is 0 Å². The van der Waals surface area contributed by atoms with Crippen LogP contribution < -0.4 is 15.4 Å². The van der Waals surface area contributed by atoms with Crippen molar-refractivity contribution in [3.05, 3.63) is 95.6 Å². The Kier molecular flexibility index (Phi) is 6.95. The Morgan fingerprint density at radius 1 is 0.929 bits per heavy atom. The molecule has 0 fully saturated rings. The van der Waals surface area contributed by atoms with Gasteiger partial charge in [0.1, 0.15) is 18.2 Å². The van der Waals surface area contributed by atoms with Crippen LogP contribution in [0.1, 0.15) is 16.8 Å². The molecule has 0 saturated carbocycles. The lowest BCUT2D eigenvalue weighted by Gasteiger charge is -2.12. The maximum Gasteiger partial charge on any atom is 0.191 e. The van der Waals surface area contributed by atoms with E-state index in [1.165, 1.54) is 12.1 Å². The summed E-state index contributed by atoms with van der Waals surface area (Å²) >= 11 is 0. The Morgan fingerprint density at radius 2 is 1.57 bits per heavy atom. The number of nitrogens with one attached hydrogen (secondary N) is 2. The molecular formula is C22H23FN4O. The van der Waals surface area contributed by atoms with Crippen molar-refractivity contribution in [2.75, 3.05) is 7.05 Å². The van der Waals surface area contributed by atoms with E-state index in [1.54, 1.807) is 25.4 Å². The molecule has 0 bridgehead atoms. The predicted octanol–water partition coefficient (Wildman–Crippen LogP) is 3.66. The first-order valence-corrected chi connectivity index (χ1v) is 9.03. The molecule has 0 unspecified atom stereocenters. The molecule has 0 atom stereocenters. The van der Waals surface area contributed by atoms with E-state index in [0.29, 0.717) is 25.7 Å². The van der Waals surface area contributed by atoms with E-state index in [2.05, 4.69) is 20.6 Å². The highest BCUT2D eigenvalue weighted by Gasteiger charge is 2.01. The van der Waals surface area contributed by atoms with Crippen molar-refractivity contribution in [2.24, 2.45) is 4.99 Å². The molecule has 0 aliphatic carbocycles. The second-order valence-electron chi connectivity index (χ2n) is 6.16. The summed E-state index contributed by atoms with van der Waals surface area (Å²) in [4.78, 5) is 8.44. The molecule has 0 amide bonds. The number of aromatic nitrogens is 1. The van der Waals surface area contributed by atoms with Crippen molar-refractivity contribution in [1.29, 1.82) is 0 Å². The summed E-state index contributed by atoms with van der Waals surface area (Å²) in [7, 11) is 1.72. The third-order valence-corrected chi connectivity index (χ3v) is 4.09. The number of hydrogen-bond donors (Lipinski definition) is 2. The summed E-state index contributed by atoms with van der Waals surface area (Å²) in [6.07, 6.45) is 1.75. The average molecular weight is 378 g/mol. The molecule has 1 aromatic heterocycles. The fraction of sp³-hybridized carbons (Fsp3) is 0.182. The standard InChI is InChI=1S/C22H23FN4O/c1-24-22(26-14-17-5-9-19(23)10-6-17)27-15-18-7-11-21(12-8-18)28-16-20-4-2-3-13-25-20/h2-13H,14-16H2,1H3,(H2,24,26,27). The highest BCUT2D eigenvalue weighted by atomic mass is 19.1. The van der Waals surface area contributed by atoms with E-state index in [1.807, 2.05) is 42.5 Å². The van der Waals surface area contributed by atoms with Crippen LogP contribution in [0.2, 0.25) is 0 Å². The number of halogens is 1. The van der Waals surface area contributed by atoms with Crippen molar-refractivity contribution in [1.82, 2.24) is 15.6 Å². The summed E-state index contributed by atoms with van der Waals surface area (Å²) in [5.41, 5.74) is 2.98. The number of pyridine rings is 1. The molecule has 0 saturated heterocycles. The van der Waals surface area contributed by atoms with Gasteiger partial charge >= 0.3 is 0 Å². The SMILES string of the molecule is CN=C(NCc1ccc(F)cc1)NCc1ccc(OCc2ccccn2)cc1. The number of benzene rings is 2. The number of nitrogens with zero attached hydrogens (tertiary/aromatic N) is 2. The molecule has 2 aromatic carbocycles. The van der Waals surface area contributed by atoms with Crippen LogP contribution in [0.4, 0.5) is 4.39 Å². The van der Waals surface area contributed by atoms with Crippen LogP contribution in [-0.2, 0) is 19.7 Å². The molecule has 0 spiro atoms. The highest BCUT2D eigenvalue weighted by Crippen LogP contribution is 2.13. The summed E-state index contributed by atoms with van der Waals surface area (Å²) < 4.78 is 18.7. The van der Waals surface area contributed by atoms with Gasteiger partial charge in [0.05, 0.1) is 5.69 Å². The molecule has 0 aliphatic rings. The lowest BCUT2D eigenvalue weighted by Crippen LogP contribution is -2.36. The van der Waals surface area contributed by atoms with Gasteiger partial charge in [0.2, 0.25) is 0 Å². The van der Waals surface area contributed by atoms with Gasteiger partial charge in [-0.15, -0.1) is 0 Å². The fourth-order valence-corrected chi connectivity index (χ4v) is 2.54. The summed E-state index contributed by atoms with van der Waals surface area (Å²) in [6.45, 7) is 1.64. The van der Waals surface area contributed by atoms with Gasteiger partial charge < -0.3 is 15.4 Å². The molecule has 144 valence electrons. The third-order valence-electron chi connectivity index (χ3n) is 4.09. The van der Waals surface area contributed by atoms with E-state index in [0.717, 1.165) is 22.6 Å². The van der Waals surface area contributed by atoms with Gasteiger partial charge in [-0.25, -0.2) is 4.39 Å². The Balaban J connectivity index is 1.44. The van der Waals surface area contributed by atoms with Gasteiger partial charge in [-0.1, -0.05) is 30.3 Å². The molecule has 0 radical (unpaired) electrons. The van der Waals surface area contributed by atoms with Gasteiger partial charge in [-0.3, -0.25) is 9.98 Å². The first-order valence-electron chi connectivity index (χ1n) is 9.03. The van der Waals surface area contributed by atoms with Crippen LogP contribution in [0.5, 0.6) is 5.75 Å². The van der Waals surface area contributed by atoms with E-state index in [4.69, 9.17) is 4.74 Å². The zero-order valence-electron chi connectivity index (χ0n) is 15.7. The van der Waals surface area contributed by atoms with E-state index < -0.39 is 0 Å². The molecule has 3 aromatic rings. The minimum atomic E-state index is -0.237. The summed E-state index contributed by atoms with van der Waals surface area (Å²) in [5.74, 6) is 1.24. The maximum atomic E-state index is 13.0. The average Bonchev–Trinajstić information content (AvgIpc) is 2.75. The van der Waals surface area contributed by atoms with Crippen LogP contribution in [0.15, 0.2) is 77.9 Å².